The number of benzene rings is 1. The molecule has 0 saturated carbocycles. The molecule has 1 aromatic carbocycles. The van der Waals surface area contributed by atoms with E-state index >= 15 is 0 Å². The number of amides is 1. The van der Waals surface area contributed by atoms with Crippen LogP contribution in [0.15, 0.2) is 22.7 Å². The van der Waals surface area contributed by atoms with E-state index in [1.165, 1.54) is 0 Å². The Bertz CT molecular complexity index is 345. The van der Waals surface area contributed by atoms with Crippen molar-refractivity contribution in [2.45, 2.75) is 13.8 Å². The topological polar surface area (TPSA) is 29.1 Å². The van der Waals surface area contributed by atoms with Gasteiger partial charge in [-0.15, -0.1) is 0 Å². The molecule has 0 aliphatic rings. The Morgan fingerprint density at radius 3 is 2.67 bits per heavy atom. The van der Waals surface area contributed by atoms with Crippen molar-refractivity contribution in [3.63, 3.8) is 0 Å². The summed E-state index contributed by atoms with van der Waals surface area (Å²) in [7, 11) is 0. The number of nitrogens with one attached hydrogen (secondary N) is 1. The van der Waals surface area contributed by atoms with E-state index in [0.717, 1.165) is 8.04 Å². The maximum atomic E-state index is 11.7. The van der Waals surface area contributed by atoms with Gasteiger partial charge in [0.1, 0.15) is 0 Å². The van der Waals surface area contributed by atoms with Crippen LogP contribution in [0.2, 0.25) is 0 Å². The minimum absolute atomic E-state index is 0.0112. The molecule has 0 aromatic heterocycles. The maximum absolute atomic E-state index is 11.7. The highest BCUT2D eigenvalue weighted by molar-refractivity contribution is 14.1. The monoisotopic (exact) mass is 381 g/mol. The molecular formula is C11H13BrINO. The third kappa shape index (κ3) is 4.51. The van der Waals surface area contributed by atoms with Crippen molar-refractivity contribution in [3.8, 4) is 0 Å². The van der Waals surface area contributed by atoms with E-state index in [1.807, 2.05) is 18.2 Å². The molecule has 0 aliphatic heterocycles. The lowest BCUT2D eigenvalue weighted by atomic mass is 10.2. The normalized spacial score (nSPS) is 10.5. The average molecular weight is 382 g/mol. The molecule has 0 atom stereocenters. The maximum Gasteiger partial charge on any atom is 0.251 e. The molecule has 0 spiro atoms. The van der Waals surface area contributed by atoms with Crippen LogP contribution in [-0.2, 0) is 0 Å². The summed E-state index contributed by atoms with van der Waals surface area (Å²) in [6.45, 7) is 4.86. The van der Waals surface area contributed by atoms with Gasteiger partial charge >= 0.3 is 0 Å². The number of hydrogen-bond donors (Lipinski definition) is 1. The average Bonchev–Trinajstić information content (AvgIpc) is 2.12. The van der Waals surface area contributed by atoms with Gasteiger partial charge in [0.05, 0.1) is 0 Å². The quantitative estimate of drug-likeness (QED) is 0.798. The van der Waals surface area contributed by atoms with Crippen molar-refractivity contribution in [1.29, 1.82) is 0 Å². The standard InChI is InChI=1S/C11H13BrINO/c1-7(2)6-14-11(15)8-3-9(12)5-10(13)4-8/h3-5,7H,6H2,1-2H3,(H,14,15). The van der Waals surface area contributed by atoms with E-state index in [4.69, 9.17) is 0 Å². The van der Waals surface area contributed by atoms with E-state index in [0.29, 0.717) is 18.0 Å². The van der Waals surface area contributed by atoms with Crippen LogP contribution in [-0.4, -0.2) is 12.5 Å². The summed E-state index contributed by atoms with van der Waals surface area (Å²) in [4.78, 5) is 11.7. The Kier molecular flexibility index (Phi) is 5.05. The molecule has 0 saturated heterocycles. The molecule has 0 fully saturated rings. The van der Waals surface area contributed by atoms with Gasteiger partial charge in [-0.1, -0.05) is 29.8 Å². The van der Waals surface area contributed by atoms with Crippen molar-refractivity contribution in [2.75, 3.05) is 6.54 Å². The summed E-state index contributed by atoms with van der Waals surface area (Å²) in [6.07, 6.45) is 0. The highest BCUT2D eigenvalue weighted by Gasteiger charge is 2.07. The third-order valence-electron chi connectivity index (χ3n) is 1.80. The van der Waals surface area contributed by atoms with E-state index in [9.17, 15) is 4.79 Å². The molecule has 1 amide bonds. The van der Waals surface area contributed by atoms with Gasteiger partial charge < -0.3 is 5.32 Å². The molecule has 1 aromatic rings. The molecule has 0 radical (unpaired) electrons. The molecule has 0 bridgehead atoms. The van der Waals surface area contributed by atoms with Gasteiger partial charge in [-0.3, -0.25) is 4.79 Å². The molecule has 4 heteroatoms. The van der Waals surface area contributed by atoms with Gasteiger partial charge in [-0.05, 0) is 46.7 Å². The lowest BCUT2D eigenvalue weighted by Gasteiger charge is -2.08. The van der Waals surface area contributed by atoms with Crippen LogP contribution in [0.4, 0.5) is 0 Å². The number of rotatable bonds is 3. The van der Waals surface area contributed by atoms with Crippen molar-refractivity contribution in [1.82, 2.24) is 5.32 Å². The SMILES string of the molecule is CC(C)CNC(=O)c1cc(Br)cc(I)c1. The van der Waals surface area contributed by atoms with Gasteiger partial charge in [0.25, 0.3) is 5.91 Å². The summed E-state index contributed by atoms with van der Waals surface area (Å²) < 4.78 is 1.99. The Labute approximate surface area is 112 Å². The fourth-order valence-electron chi connectivity index (χ4n) is 1.08. The van der Waals surface area contributed by atoms with Crippen LogP contribution in [0.25, 0.3) is 0 Å². The van der Waals surface area contributed by atoms with Crippen LogP contribution in [0, 0.1) is 9.49 Å². The molecule has 0 aliphatic carbocycles. The van der Waals surface area contributed by atoms with Crippen LogP contribution >= 0.6 is 38.5 Å². The van der Waals surface area contributed by atoms with E-state index in [1.54, 1.807) is 0 Å². The van der Waals surface area contributed by atoms with E-state index in [-0.39, 0.29) is 5.91 Å². The molecule has 0 unspecified atom stereocenters. The van der Waals surface area contributed by atoms with E-state index < -0.39 is 0 Å². The molecule has 15 heavy (non-hydrogen) atoms. The zero-order valence-electron chi connectivity index (χ0n) is 8.68. The largest absolute Gasteiger partial charge is 0.352 e. The Morgan fingerprint density at radius 2 is 2.13 bits per heavy atom. The molecule has 1 N–H and O–H groups in total. The number of halogens is 2. The molecule has 82 valence electrons. The first kappa shape index (κ1) is 13.0. The first-order valence-corrected chi connectivity index (χ1v) is 6.60. The molecular weight excluding hydrogens is 369 g/mol. The predicted molar refractivity (Wildman–Crippen MR) is 74.0 cm³/mol. The van der Waals surface area contributed by atoms with Gasteiger partial charge in [-0.2, -0.15) is 0 Å². The van der Waals surface area contributed by atoms with Crippen LogP contribution in [0.1, 0.15) is 24.2 Å². The van der Waals surface area contributed by atoms with Crippen molar-refractivity contribution >= 4 is 44.4 Å². The van der Waals surface area contributed by atoms with Gasteiger partial charge in [0.15, 0.2) is 0 Å². The fraction of sp³-hybridized carbons (Fsp3) is 0.364. The van der Waals surface area contributed by atoms with Gasteiger partial charge in [-0.25, -0.2) is 0 Å². The highest BCUT2D eigenvalue weighted by atomic mass is 127. The second kappa shape index (κ2) is 5.84. The number of carbonyl (C=O) groups excluding carboxylic acids is 1. The smallest absolute Gasteiger partial charge is 0.251 e. The number of carbonyl (C=O) groups is 1. The summed E-state index contributed by atoms with van der Waals surface area (Å²) in [5.74, 6) is 0.461. The summed E-state index contributed by atoms with van der Waals surface area (Å²) in [5.41, 5.74) is 0.703. The van der Waals surface area contributed by atoms with E-state index in [2.05, 4.69) is 57.7 Å². The summed E-state index contributed by atoms with van der Waals surface area (Å²) >= 11 is 5.57. The fourth-order valence-corrected chi connectivity index (χ4v) is 2.68. The van der Waals surface area contributed by atoms with Crippen LogP contribution in [0.3, 0.4) is 0 Å². The van der Waals surface area contributed by atoms with Crippen molar-refractivity contribution in [2.24, 2.45) is 5.92 Å². The Morgan fingerprint density at radius 1 is 1.47 bits per heavy atom. The number of hydrogen-bond acceptors (Lipinski definition) is 1. The third-order valence-corrected chi connectivity index (χ3v) is 2.88. The molecule has 0 heterocycles. The van der Waals surface area contributed by atoms with Crippen molar-refractivity contribution < 1.29 is 4.79 Å². The summed E-state index contributed by atoms with van der Waals surface area (Å²) in [6, 6.07) is 5.68. The van der Waals surface area contributed by atoms with Crippen LogP contribution < -0.4 is 5.32 Å². The second-order valence-corrected chi connectivity index (χ2v) is 5.92. The summed E-state index contributed by atoms with van der Waals surface area (Å²) in [5, 5.41) is 2.89. The zero-order chi connectivity index (χ0) is 11.4. The van der Waals surface area contributed by atoms with Crippen molar-refractivity contribution in [3.05, 3.63) is 31.8 Å². The Balaban J connectivity index is 2.73. The minimum atomic E-state index is -0.0112. The van der Waals surface area contributed by atoms with Gasteiger partial charge in [0, 0.05) is 20.2 Å². The second-order valence-electron chi connectivity index (χ2n) is 3.76. The highest BCUT2D eigenvalue weighted by Crippen LogP contribution is 2.17. The molecule has 1 rings (SSSR count). The first-order chi connectivity index (χ1) is 6.99. The van der Waals surface area contributed by atoms with Crippen LogP contribution in [0.5, 0.6) is 0 Å². The lowest BCUT2D eigenvalue weighted by Crippen LogP contribution is -2.27. The lowest BCUT2D eigenvalue weighted by molar-refractivity contribution is 0.0949. The predicted octanol–water partition coefficient (Wildman–Crippen LogP) is 3.44. The minimum Gasteiger partial charge on any atom is -0.352 e. The first-order valence-electron chi connectivity index (χ1n) is 4.73. The molecule has 2 nitrogen and oxygen atoms in total. The Hall–Kier alpha value is -0.100. The zero-order valence-corrected chi connectivity index (χ0v) is 12.4. The van der Waals surface area contributed by atoms with Gasteiger partial charge in [0.2, 0.25) is 0 Å².